The van der Waals surface area contributed by atoms with Gasteiger partial charge in [0.2, 0.25) is 0 Å². The van der Waals surface area contributed by atoms with E-state index in [9.17, 15) is 13.6 Å². The smallest absolute Gasteiger partial charge is 0.338 e. The van der Waals surface area contributed by atoms with Crippen LogP contribution in [0.15, 0.2) is 36.5 Å². The Hall–Kier alpha value is -2.50. The summed E-state index contributed by atoms with van der Waals surface area (Å²) < 4.78 is 28.0. The van der Waals surface area contributed by atoms with Crippen LogP contribution >= 0.6 is 0 Å². The number of hydrogen-bond donors (Lipinski definition) is 1. The molecule has 4 nitrogen and oxygen atoms in total. The molecule has 1 unspecified atom stereocenters. The largest absolute Gasteiger partial charge is 0.478 e. The highest BCUT2D eigenvalue weighted by Gasteiger charge is 2.22. The summed E-state index contributed by atoms with van der Waals surface area (Å²) in [7, 11) is 1.54. The summed E-state index contributed by atoms with van der Waals surface area (Å²) in [6.07, 6.45) is 1.21. The zero-order valence-corrected chi connectivity index (χ0v) is 11.5. The Labute approximate surface area is 120 Å². The van der Waals surface area contributed by atoms with Gasteiger partial charge in [-0.3, -0.25) is 0 Å². The van der Waals surface area contributed by atoms with E-state index in [2.05, 4.69) is 4.98 Å². The highest BCUT2D eigenvalue weighted by Crippen LogP contribution is 2.28. The number of aromatic nitrogens is 1. The van der Waals surface area contributed by atoms with Crippen LogP contribution in [-0.4, -0.2) is 23.1 Å². The number of hydrogen-bond acceptors (Lipinski definition) is 3. The van der Waals surface area contributed by atoms with Gasteiger partial charge in [-0.05, 0) is 19.1 Å². The lowest BCUT2D eigenvalue weighted by atomic mass is 10.1. The lowest BCUT2D eigenvalue weighted by Gasteiger charge is -2.27. The number of benzene rings is 1. The van der Waals surface area contributed by atoms with Crippen LogP contribution in [0, 0.1) is 11.6 Å². The molecule has 2 aromatic rings. The van der Waals surface area contributed by atoms with E-state index in [1.165, 1.54) is 24.2 Å². The number of carboxylic acid groups (broad SMARTS) is 1. The van der Waals surface area contributed by atoms with E-state index >= 15 is 0 Å². The maximum Gasteiger partial charge on any atom is 0.338 e. The third-order valence-corrected chi connectivity index (χ3v) is 3.37. The number of halogens is 2. The zero-order chi connectivity index (χ0) is 15.6. The van der Waals surface area contributed by atoms with Gasteiger partial charge in [-0.15, -0.1) is 0 Å². The van der Waals surface area contributed by atoms with Gasteiger partial charge < -0.3 is 10.0 Å². The van der Waals surface area contributed by atoms with E-state index in [0.717, 1.165) is 6.07 Å². The summed E-state index contributed by atoms with van der Waals surface area (Å²) in [5, 5.41) is 8.93. The van der Waals surface area contributed by atoms with Crippen LogP contribution < -0.4 is 4.90 Å². The zero-order valence-electron chi connectivity index (χ0n) is 11.5. The molecule has 0 aliphatic heterocycles. The Morgan fingerprint density at radius 2 is 1.95 bits per heavy atom. The lowest BCUT2D eigenvalue weighted by Crippen LogP contribution is -2.25. The number of rotatable bonds is 4. The van der Waals surface area contributed by atoms with Gasteiger partial charge in [0.05, 0.1) is 6.04 Å². The highest BCUT2D eigenvalue weighted by molar-refractivity contribution is 5.88. The molecule has 21 heavy (non-hydrogen) atoms. The van der Waals surface area contributed by atoms with Crippen LogP contribution in [0.1, 0.15) is 28.9 Å². The van der Waals surface area contributed by atoms with Gasteiger partial charge in [-0.2, -0.15) is 0 Å². The predicted molar refractivity (Wildman–Crippen MR) is 74.4 cm³/mol. The van der Waals surface area contributed by atoms with Crippen molar-refractivity contribution < 1.29 is 18.7 Å². The number of aromatic carboxylic acids is 1. The van der Waals surface area contributed by atoms with Crippen LogP contribution in [0.5, 0.6) is 0 Å². The molecule has 0 aliphatic carbocycles. The second-order valence-electron chi connectivity index (χ2n) is 4.61. The average Bonchev–Trinajstić information content (AvgIpc) is 2.46. The summed E-state index contributed by atoms with van der Waals surface area (Å²) in [4.78, 5) is 16.2. The first-order chi connectivity index (χ1) is 9.93. The molecule has 0 fully saturated rings. The Morgan fingerprint density at radius 3 is 2.57 bits per heavy atom. The highest BCUT2D eigenvalue weighted by atomic mass is 19.1. The van der Waals surface area contributed by atoms with Crippen molar-refractivity contribution in [2.24, 2.45) is 0 Å². The van der Waals surface area contributed by atoms with E-state index < -0.39 is 29.2 Å². The summed E-state index contributed by atoms with van der Waals surface area (Å²) in [5.74, 6) is -2.85. The van der Waals surface area contributed by atoms with Crippen LogP contribution in [0.3, 0.4) is 0 Å². The maximum absolute atomic E-state index is 14.2. The molecule has 0 saturated carbocycles. The number of anilines is 1. The average molecular weight is 292 g/mol. The molecule has 6 heteroatoms. The summed E-state index contributed by atoms with van der Waals surface area (Å²) >= 11 is 0. The minimum absolute atomic E-state index is 0.134. The van der Waals surface area contributed by atoms with Crippen molar-refractivity contribution in [1.29, 1.82) is 0 Å². The Balaban J connectivity index is 2.41. The molecule has 0 amide bonds. The fraction of sp³-hybridized carbons (Fsp3) is 0.200. The second kappa shape index (κ2) is 5.87. The van der Waals surface area contributed by atoms with E-state index in [1.54, 1.807) is 25.1 Å². The fourth-order valence-corrected chi connectivity index (χ4v) is 2.05. The molecule has 1 atom stereocenters. The molecule has 1 heterocycles. The molecule has 2 rings (SSSR count). The van der Waals surface area contributed by atoms with Crippen LogP contribution in [0.2, 0.25) is 0 Å². The van der Waals surface area contributed by atoms with Crippen molar-refractivity contribution in [3.63, 3.8) is 0 Å². The van der Waals surface area contributed by atoms with Gasteiger partial charge >= 0.3 is 5.97 Å². The number of carboxylic acids is 1. The molecular weight excluding hydrogens is 278 g/mol. The van der Waals surface area contributed by atoms with Gasteiger partial charge in [0.1, 0.15) is 11.4 Å². The summed E-state index contributed by atoms with van der Waals surface area (Å²) in [6, 6.07) is 6.74. The van der Waals surface area contributed by atoms with Crippen molar-refractivity contribution in [1.82, 2.24) is 4.98 Å². The first-order valence-electron chi connectivity index (χ1n) is 6.28. The third-order valence-electron chi connectivity index (χ3n) is 3.37. The molecular formula is C15H14F2N2O2. The van der Waals surface area contributed by atoms with Crippen molar-refractivity contribution in [3.8, 4) is 0 Å². The van der Waals surface area contributed by atoms with Gasteiger partial charge in [0, 0.05) is 18.8 Å². The topological polar surface area (TPSA) is 53.4 Å². The molecule has 0 spiro atoms. The maximum atomic E-state index is 14.2. The van der Waals surface area contributed by atoms with Gasteiger partial charge in [-0.25, -0.2) is 18.6 Å². The minimum Gasteiger partial charge on any atom is -0.478 e. The Morgan fingerprint density at radius 1 is 1.29 bits per heavy atom. The SMILES string of the molecule is CC(c1ccccc1F)N(C)c1nccc(C(=O)O)c1F. The second-order valence-corrected chi connectivity index (χ2v) is 4.61. The van der Waals surface area contributed by atoms with Crippen LogP contribution in [0.4, 0.5) is 14.6 Å². The van der Waals surface area contributed by atoms with Crippen LogP contribution in [0.25, 0.3) is 0 Å². The van der Waals surface area contributed by atoms with Crippen molar-refractivity contribution in [2.45, 2.75) is 13.0 Å². The van der Waals surface area contributed by atoms with E-state index in [4.69, 9.17) is 5.11 Å². The molecule has 0 bridgehead atoms. The van der Waals surface area contributed by atoms with Gasteiger partial charge in [0.25, 0.3) is 0 Å². The first kappa shape index (κ1) is 14.9. The molecule has 0 aliphatic rings. The number of carbonyl (C=O) groups is 1. The molecule has 1 aromatic carbocycles. The number of nitrogens with zero attached hydrogens (tertiary/aromatic N) is 2. The Bertz CT molecular complexity index is 676. The third kappa shape index (κ3) is 2.84. The van der Waals surface area contributed by atoms with Gasteiger partial charge in [-0.1, -0.05) is 18.2 Å². The summed E-state index contributed by atoms with van der Waals surface area (Å²) in [6.45, 7) is 1.69. The predicted octanol–water partition coefficient (Wildman–Crippen LogP) is 3.26. The fourth-order valence-electron chi connectivity index (χ4n) is 2.05. The van der Waals surface area contributed by atoms with Crippen LogP contribution in [-0.2, 0) is 0 Å². The monoisotopic (exact) mass is 292 g/mol. The Kier molecular flexibility index (Phi) is 4.16. The standard InChI is InChI=1S/C15H14F2N2O2/c1-9(10-5-3-4-6-12(10)16)19(2)14-13(17)11(15(20)21)7-8-18-14/h3-9H,1-2H3,(H,20,21). The van der Waals surface area contributed by atoms with Crippen molar-refractivity contribution in [3.05, 3.63) is 59.3 Å². The molecule has 0 radical (unpaired) electrons. The van der Waals surface area contributed by atoms with Gasteiger partial charge in [0.15, 0.2) is 11.6 Å². The molecule has 110 valence electrons. The minimum atomic E-state index is -1.37. The van der Waals surface area contributed by atoms with E-state index in [-0.39, 0.29) is 5.82 Å². The lowest BCUT2D eigenvalue weighted by molar-refractivity contribution is 0.0691. The summed E-state index contributed by atoms with van der Waals surface area (Å²) in [5.41, 5.74) is -0.0884. The molecule has 1 aromatic heterocycles. The van der Waals surface area contributed by atoms with Crippen molar-refractivity contribution >= 4 is 11.8 Å². The quantitative estimate of drug-likeness (QED) is 0.939. The number of pyridine rings is 1. The van der Waals surface area contributed by atoms with E-state index in [0.29, 0.717) is 5.56 Å². The first-order valence-corrected chi connectivity index (χ1v) is 6.28. The molecule has 0 saturated heterocycles. The normalized spacial score (nSPS) is 12.0. The van der Waals surface area contributed by atoms with E-state index in [1.807, 2.05) is 0 Å². The van der Waals surface area contributed by atoms with Crippen molar-refractivity contribution in [2.75, 3.05) is 11.9 Å². The molecule has 1 N–H and O–H groups in total.